The number of H-pyrrole nitrogens is 1. The van der Waals surface area contributed by atoms with Crippen LogP contribution in [0.25, 0.3) is 22.6 Å². The molecule has 29 heavy (non-hydrogen) atoms. The van der Waals surface area contributed by atoms with Gasteiger partial charge in [-0.1, -0.05) is 30.7 Å². The van der Waals surface area contributed by atoms with Gasteiger partial charge in [0.15, 0.2) is 5.78 Å². The molecule has 0 unspecified atom stereocenters. The number of aromatic nitrogens is 1. The smallest absolute Gasteiger partial charge is 0.169 e. The first kappa shape index (κ1) is 18.2. The van der Waals surface area contributed by atoms with Crippen molar-refractivity contribution in [2.75, 3.05) is 26.2 Å². The molecule has 0 radical (unpaired) electrons. The van der Waals surface area contributed by atoms with Gasteiger partial charge in [-0.25, -0.2) is 0 Å². The second kappa shape index (κ2) is 7.88. The molecule has 1 aliphatic carbocycles. The van der Waals surface area contributed by atoms with Gasteiger partial charge in [0.1, 0.15) is 12.4 Å². The van der Waals surface area contributed by atoms with Crippen LogP contribution in [0.15, 0.2) is 48.5 Å². The zero-order chi connectivity index (χ0) is 19.6. The van der Waals surface area contributed by atoms with E-state index in [1.54, 1.807) is 0 Å². The molecule has 0 saturated carbocycles. The first-order chi connectivity index (χ1) is 14.3. The maximum Gasteiger partial charge on any atom is 0.169 e. The summed E-state index contributed by atoms with van der Waals surface area (Å²) in [6, 6.07) is 16.3. The van der Waals surface area contributed by atoms with E-state index < -0.39 is 0 Å². The van der Waals surface area contributed by atoms with Crippen LogP contribution in [0.2, 0.25) is 0 Å². The summed E-state index contributed by atoms with van der Waals surface area (Å²) in [7, 11) is 0. The SMILES string of the molecule is O=C1Cc2ccccc2C=C1c1cc2cc(OCCN3CCCCC3)ccc2[nH]1. The first-order valence-corrected chi connectivity index (χ1v) is 10.6. The van der Waals surface area contributed by atoms with Crippen LogP contribution in [0.3, 0.4) is 0 Å². The number of rotatable bonds is 5. The number of Topliss-reactive ketones (excluding diaryl/α,β-unsaturated/α-hetero) is 1. The van der Waals surface area contributed by atoms with Gasteiger partial charge in [-0.15, -0.1) is 0 Å². The number of nitrogens with one attached hydrogen (secondary N) is 1. The van der Waals surface area contributed by atoms with Crippen LogP contribution in [0.5, 0.6) is 5.75 Å². The third-order valence-electron chi connectivity index (χ3n) is 6.01. The Morgan fingerprint density at radius 1 is 1.00 bits per heavy atom. The van der Waals surface area contributed by atoms with Gasteiger partial charge in [-0.3, -0.25) is 9.69 Å². The largest absolute Gasteiger partial charge is 0.492 e. The summed E-state index contributed by atoms with van der Waals surface area (Å²) in [6.07, 6.45) is 6.42. The Morgan fingerprint density at radius 2 is 1.86 bits per heavy atom. The van der Waals surface area contributed by atoms with E-state index in [1.165, 1.54) is 32.4 Å². The van der Waals surface area contributed by atoms with Crippen molar-refractivity contribution in [3.05, 3.63) is 65.4 Å². The summed E-state index contributed by atoms with van der Waals surface area (Å²) in [5.74, 6) is 1.04. The van der Waals surface area contributed by atoms with Gasteiger partial charge >= 0.3 is 0 Å². The van der Waals surface area contributed by atoms with Gasteiger partial charge in [-0.2, -0.15) is 0 Å². The molecule has 1 aromatic heterocycles. The average Bonchev–Trinajstić information content (AvgIpc) is 3.17. The van der Waals surface area contributed by atoms with E-state index in [0.717, 1.165) is 45.6 Å². The molecule has 1 fully saturated rings. The number of piperidine rings is 1. The highest BCUT2D eigenvalue weighted by Gasteiger charge is 2.21. The predicted molar refractivity (Wildman–Crippen MR) is 117 cm³/mol. The molecule has 0 spiro atoms. The number of allylic oxidation sites excluding steroid dienone is 1. The molecule has 4 heteroatoms. The molecule has 1 saturated heterocycles. The third kappa shape index (κ3) is 3.85. The van der Waals surface area contributed by atoms with E-state index in [0.29, 0.717) is 13.0 Å². The Balaban J connectivity index is 1.33. The molecule has 148 valence electrons. The Bertz CT molecular complexity index is 1070. The van der Waals surface area contributed by atoms with Crippen molar-refractivity contribution in [1.82, 2.24) is 9.88 Å². The van der Waals surface area contributed by atoms with Crippen LogP contribution in [0.4, 0.5) is 0 Å². The molecule has 2 aromatic carbocycles. The minimum Gasteiger partial charge on any atom is -0.492 e. The van der Waals surface area contributed by atoms with E-state index in [-0.39, 0.29) is 5.78 Å². The van der Waals surface area contributed by atoms with Crippen molar-refractivity contribution in [1.29, 1.82) is 0 Å². The van der Waals surface area contributed by atoms with Crippen molar-refractivity contribution in [2.24, 2.45) is 0 Å². The van der Waals surface area contributed by atoms with E-state index in [9.17, 15) is 4.79 Å². The monoisotopic (exact) mass is 386 g/mol. The molecule has 4 nitrogen and oxygen atoms in total. The Labute approximate surface area is 171 Å². The van der Waals surface area contributed by atoms with Crippen LogP contribution < -0.4 is 4.74 Å². The minimum absolute atomic E-state index is 0.160. The molecule has 5 rings (SSSR count). The number of aromatic amines is 1. The van der Waals surface area contributed by atoms with Gasteiger partial charge in [0, 0.05) is 29.4 Å². The summed E-state index contributed by atoms with van der Waals surface area (Å²) in [6.45, 7) is 4.08. The lowest BCUT2D eigenvalue weighted by molar-refractivity contribution is -0.113. The number of ether oxygens (including phenoxy) is 1. The summed E-state index contributed by atoms with van der Waals surface area (Å²) in [5.41, 5.74) is 4.89. The van der Waals surface area contributed by atoms with E-state index in [2.05, 4.69) is 28.1 Å². The molecule has 1 N–H and O–H groups in total. The maximum atomic E-state index is 12.7. The van der Waals surface area contributed by atoms with Crippen LogP contribution in [0.1, 0.15) is 36.1 Å². The lowest BCUT2D eigenvalue weighted by Crippen LogP contribution is -2.33. The minimum atomic E-state index is 0.160. The second-order valence-electron chi connectivity index (χ2n) is 8.04. The molecule has 2 aliphatic rings. The van der Waals surface area contributed by atoms with Crippen molar-refractivity contribution in [2.45, 2.75) is 25.7 Å². The predicted octanol–water partition coefficient (Wildman–Crippen LogP) is 4.70. The summed E-state index contributed by atoms with van der Waals surface area (Å²) in [4.78, 5) is 18.6. The fourth-order valence-electron chi connectivity index (χ4n) is 4.39. The number of carbonyl (C=O) groups excluding carboxylic acids is 1. The van der Waals surface area contributed by atoms with Crippen LogP contribution in [-0.2, 0) is 11.2 Å². The number of fused-ring (bicyclic) bond motifs is 2. The quantitative estimate of drug-likeness (QED) is 0.691. The summed E-state index contributed by atoms with van der Waals surface area (Å²) in [5, 5.41) is 1.07. The first-order valence-electron chi connectivity index (χ1n) is 10.6. The molecule has 0 bridgehead atoms. The van der Waals surface area contributed by atoms with Gasteiger partial charge in [0.05, 0.1) is 5.69 Å². The number of likely N-dealkylation sites (tertiary alicyclic amines) is 1. The van der Waals surface area contributed by atoms with Crippen molar-refractivity contribution in [3.8, 4) is 5.75 Å². The molecule has 1 aliphatic heterocycles. The number of hydrogen-bond donors (Lipinski definition) is 1. The van der Waals surface area contributed by atoms with Crippen molar-refractivity contribution in [3.63, 3.8) is 0 Å². The number of nitrogens with zero attached hydrogens (tertiary/aromatic N) is 1. The van der Waals surface area contributed by atoms with Gasteiger partial charge in [0.2, 0.25) is 0 Å². The molecule has 2 heterocycles. The lowest BCUT2D eigenvalue weighted by Gasteiger charge is -2.26. The van der Waals surface area contributed by atoms with E-state index in [1.807, 2.05) is 36.4 Å². The standard InChI is InChI=1S/C25H26N2O2/c28-25-17-19-7-3-2-6-18(19)15-22(25)24-16-20-14-21(8-9-23(20)26-24)29-13-12-27-10-4-1-5-11-27/h2-3,6-9,14-16,26H,1,4-5,10-13,17H2. The zero-order valence-electron chi connectivity index (χ0n) is 16.6. The fraction of sp³-hybridized carbons (Fsp3) is 0.320. The molecule has 0 amide bonds. The van der Waals surface area contributed by atoms with Gasteiger partial charge < -0.3 is 9.72 Å². The Morgan fingerprint density at radius 3 is 2.76 bits per heavy atom. The van der Waals surface area contributed by atoms with Crippen LogP contribution >= 0.6 is 0 Å². The normalized spacial score (nSPS) is 17.2. The molecule has 3 aromatic rings. The fourth-order valence-corrected chi connectivity index (χ4v) is 4.39. The second-order valence-corrected chi connectivity index (χ2v) is 8.04. The van der Waals surface area contributed by atoms with Crippen molar-refractivity contribution >= 4 is 28.3 Å². The summed E-state index contributed by atoms with van der Waals surface area (Å²) < 4.78 is 6.00. The number of ketones is 1. The van der Waals surface area contributed by atoms with Crippen molar-refractivity contribution < 1.29 is 9.53 Å². The van der Waals surface area contributed by atoms with Crippen LogP contribution in [0, 0.1) is 0 Å². The number of carbonyl (C=O) groups is 1. The topological polar surface area (TPSA) is 45.3 Å². The number of hydrogen-bond acceptors (Lipinski definition) is 3. The Hall–Kier alpha value is -2.85. The highest BCUT2D eigenvalue weighted by atomic mass is 16.5. The molecular formula is C25H26N2O2. The Kier molecular flexibility index (Phi) is 4.94. The van der Waals surface area contributed by atoms with Crippen LogP contribution in [-0.4, -0.2) is 41.9 Å². The molecule has 0 atom stereocenters. The average molecular weight is 386 g/mol. The zero-order valence-corrected chi connectivity index (χ0v) is 16.6. The van der Waals surface area contributed by atoms with E-state index >= 15 is 0 Å². The summed E-state index contributed by atoms with van der Waals surface area (Å²) >= 11 is 0. The highest BCUT2D eigenvalue weighted by Crippen LogP contribution is 2.30. The maximum absolute atomic E-state index is 12.7. The third-order valence-corrected chi connectivity index (χ3v) is 6.01. The number of benzene rings is 2. The highest BCUT2D eigenvalue weighted by molar-refractivity contribution is 6.27. The van der Waals surface area contributed by atoms with Gasteiger partial charge in [-0.05, 0) is 67.4 Å². The van der Waals surface area contributed by atoms with E-state index in [4.69, 9.17) is 4.74 Å². The van der Waals surface area contributed by atoms with Gasteiger partial charge in [0.25, 0.3) is 0 Å². The molecular weight excluding hydrogens is 360 g/mol. The lowest BCUT2D eigenvalue weighted by atomic mass is 9.90.